The van der Waals surface area contributed by atoms with Crippen LogP contribution in [0.2, 0.25) is 5.02 Å². The van der Waals surface area contributed by atoms with Crippen LogP contribution in [-0.2, 0) is 9.53 Å². The average molecular weight is 300 g/mol. The number of hydrogen-bond donors (Lipinski definition) is 1. The molecule has 0 radical (unpaired) electrons. The van der Waals surface area contributed by atoms with Gasteiger partial charge in [0.05, 0.1) is 11.6 Å². The Balaban J connectivity index is 2.75. The van der Waals surface area contributed by atoms with E-state index in [-0.39, 0.29) is 6.04 Å². The monoisotopic (exact) mass is 299 g/mol. The Hall–Kier alpha value is -1.26. The van der Waals surface area contributed by atoms with Gasteiger partial charge >= 0.3 is 5.97 Å². The molecule has 1 rings (SSSR count). The number of hydrogen-bond acceptors (Lipinski definition) is 4. The summed E-state index contributed by atoms with van der Waals surface area (Å²) in [5.74, 6) is 0.0910. The Morgan fingerprint density at radius 1 is 1.35 bits per heavy atom. The molecule has 0 aliphatic heterocycles. The molecule has 0 fully saturated rings. The smallest absolute Gasteiger partial charge is 0.347 e. The van der Waals surface area contributed by atoms with Gasteiger partial charge in [0.25, 0.3) is 0 Å². The zero-order chi connectivity index (χ0) is 15.1. The first kappa shape index (κ1) is 16.8. The van der Waals surface area contributed by atoms with Gasteiger partial charge in [0.15, 0.2) is 6.10 Å². The molecule has 0 aromatic heterocycles. The molecule has 0 saturated carbocycles. The largest absolute Gasteiger partial charge is 0.477 e. The van der Waals surface area contributed by atoms with Crippen LogP contribution in [0.5, 0.6) is 5.75 Å². The van der Waals surface area contributed by atoms with Gasteiger partial charge in [-0.2, -0.15) is 0 Å². The summed E-state index contributed by atoms with van der Waals surface area (Å²) >= 11 is 6.19. The molecule has 2 unspecified atom stereocenters. The lowest BCUT2D eigenvalue weighted by Crippen LogP contribution is -2.26. The van der Waals surface area contributed by atoms with Gasteiger partial charge in [0, 0.05) is 6.04 Å². The van der Waals surface area contributed by atoms with Crippen molar-refractivity contribution < 1.29 is 14.3 Å². The number of carbonyl (C=O) groups is 1. The normalized spacial score (nSPS) is 13.7. The van der Waals surface area contributed by atoms with Crippen molar-refractivity contribution >= 4 is 17.6 Å². The maximum Gasteiger partial charge on any atom is 0.347 e. The fourth-order valence-corrected chi connectivity index (χ4v) is 2.04. The highest BCUT2D eigenvalue weighted by Gasteiger charge is 2.17. The van der Waals surface area contributed by atoms with Gasteiger partial charge in [-0.3, -0.25) is 0 Å². The van der Waals surface area contributed by atoms with Crippen molar-refractivity contribution in [1.82, 2.24) is 5.32 Å². The Morgan fingerprint density at radius 3 is 2.60 bits per heavy atom. The minimum absolute atomic E-state index is 0.217. The molecule has 0 bridgehead atoms. The van der Waals surface area contributed by atoms with E-state index in [0.29, 0.717) is 17.4 Å². The first-order valence-corrected chi connectivity index (χ1v) is 7.23. The van der Waals surface area contributed by atoms with Crippen LogP contribution < -0.4 is 10.1 Å². The van der Waals surface area contributed by atoms with E-state index in [1.54, 1.807) is 19.9 Å². The van der Waals surface area contributed by atoms with E-state index in [9.17, 15) is 4.79 Å². The number of esters is 1. The molecule has 5 heteroatoms. The van der Waals surface area contributed by atoms with Gasteiger partial charge in [-0.1, -0.05) is 24.6 Å². The van der Waals surface area contributed by atoms with Crippen LogP contribution in [-0.4, -0.2) is 25.2 Å². The molecule has 2 atom stereocenters. The van der Waals surface area contributed by atoms with Gasteiger partial charge in [-0.15, -0.1) is 0 Å². The number of halogens is 1. The van der Waals surface area contributed by atoms with Crippen molar-refractivity contribution in [2.45, 2.75) is 39.8 Å². The van der Waals surface area contributed by atoms with Crippen molar-refractivity contribution in [3.05, 3.63) is 28.8 Å². The summed E-state index contributed by atoms with van der Waals surface area (Å²) in [6, 6.07) is 5.78. The van der Waals surface area contributed by atoms with Crippen molar-refractivity contribution in [3.8, 4) is 5.75 Å². The molecule has 0 aliphatic rings. The van der Waals surface area contributed by atoms with Crippen LogP contribution in [0, 0.1) is 0 Å². The molecule has 20 heavy (non-hydrogen) atoms. The van der Waals surface area contributed by atoms with Crippen molar-refractivity contribution in [2.24, 2.45) is 0 Å². The minimum Gasteiger partial charge on any atom is -0.477 e. The Labute approximate surface area is 125 Å². The quantitative estimate of drug-likeness (QED) is 0.785. The zero-order valence-electron chi connectivity index (χ0n) is 12.4. The van der Waals surface area contributed by atoms with Gasteiger partial charge in [0.2, 0.25) is 0 Å². The summed E-state index contributed by atoms with van der Waals surface area (Å²) in [4.78, 5) is 11.5. The highest BCUT2D eigenvalue weighted by Crippen LogP contribution is 2.28. The van der Waals surface area contributed by atoms with Crippen molar-refractivity contribution in [2.75, 3.05) is 13.2 Å². The van der Waals surface area contributed by atoms with Gasteiger partial charge < -0.3 is 14.8 Å². The standard InChI is InChI=1S/C15H22ClNO3/c1-5-17-10(3)12-7-8-14(13(16)9-12)20-11(4)15(18)19-6-2/h7-11,17H,5-6H2,1-4H3. The van der Waals surface area contributed by atoms with Crippen LogP contribution in [0.4, 0.5) is 0 Å². The molecule has 1 aromatic carbocycles. The predicted octanol–water partition coefficient (Wildman–Crippen LogP) is 3.34. The lowest BCUT2D eigenvalue weighted by molar-refractivity contribution is -0.150. The van der Waals surface area contributed by atoms with Crippen LogP contribution >= 0.6 is 11.6 Å². The second kappa shape index (κ2) is 8.12. The third-order valence-corrected chi connectivity index (χ3v) is 3.18. The predicted molar refractivity (Wildman–Crippen MR) is 80.3 cm³/mol. The Morgan fingerprint density at radius 2 is 2.05 bits per heavy atom. The average Bonchev–Trinajstić information content (AvgIpc) is 2.41. The Kier molecular flexibility index (Phi) is 6.82. The van der Waals surface area contributed by atoms with E-state index in [2.05, 4.69) is 19.2 Å². The highest BCUT2D eigenvalue weighted by atomic mass is 35.5. The maximum atomic E-state index is 11.5. The molecule has 1 N–H and O–H groups in total. The number of nitrogens with one attached hydrogen (secondary N) is 1. The molecule has 0 heterocycles. The van der Waals surface area contributed by atoms with E-state index >= 15 is 0 Å². The molecule has 1 aromatic rings. The van der Waals surface area contributed by atoms with E-state index in [1.165, 1.54) is 0 Å². The lowest BCUT2D eigenvalue weighted by atomic mass is 10.1. The van der Waals surface area contributed by atoms with Crippen LogP contribution in [0.1, 0.15) is 39.3 Å². The van der Waals surface area contributed by atoms with Crippen LogP contribution in [0.25, 0.3) is 0 Å². The van der Waals surface area contributed by atoms with E-state index < -0.39 is 12.1 Å². The van der Waals surface area contributed by atoms with Crippen LogP contribution in [0.15, 0.2) is 18.2 Å². The number of benzene rings is 1. The van der Waals surface area contributed by atoms with Gasteiger partial charge in [-0.05, 0) is 45.0 Å². The van der Waals surface area contributed by atoms with Gasteiger partial charge in [-0.25, -0.2) is 4.79 Å². The highest BCUT2D eigenvalue weighted by molar-refractivity contribution is 6.32. The SMILES string of the molecule is CCNC(C)c1ccc(OC(C)C(=O)OCC)c(Cl)c1. The number of ether oxygens (including phenoxy) is 2. The molecule has 0 saturated heterocycles. The Bertz CT molecular complexity index is 451. The summed E-state index contributed by atoms with van der Waals surface area (Å²) in [5.41, 5.74) is 1.08. The summed E-state index contributed by atoms with van der Waals surface area (Å²) in [6.07, 6.45) is -0.676. The van der Waals surface area contributed by atoms with Gasteiger partial charge in [0.1, 0.15) is 5.75 Å². The van der Waals surface area contributed by atoms with E-state index in [1.807, 2.05) is 12.1 Å². The third kappa shape index (κ3) is 4.69. The lowest BCUT2D eigenvalue weighted by Gasteiger charge is -2.17. The minimum atomic E-state index is -0.676. The summed E-state index contributed by atoms with van der Waals surface area (Å²) < 4.78 is 10.4. The maximum absolute atomic E-state index is 11.5. The summed E-state index contributed by atoms with van der Waals surface area (Å²) in [6.45, 7) is 8.74. The van der Waals surface area contributed by atoms with Crippen LogP contribution in [0.3, 0.4) is 0 Å². The molecule has 0 aliphatic carbocycles. The molecule has 0 amide bonds. The summed E-state index contributed by atoms with van der Waals surface area (Å²) in [7, 11) is 0. The third-order valence-electron chi connectivity index (χ3n) is 2.89. The second-order valence-corrected chi connectivity index (χ2v) is 4.89. The molecular weight excluding hydrogens is 278 g/mol. The topological polar surface area (TPSA) is 47.6 Å². The van der Waals surface area contributed by atoms with Crippen molar-refractivity contribution in [3.63, 3.8) is 0 Å². The zero-order valence-corrected chi connectivity index (χ0v) is 13.2. The molecular formula is C15H22ClNO3. The molecule has 4 nitrogen and oxygen atoms in total. The van der Waals surface area contributed by atoms with E-state index in [0.717, 1.165) is 12.1 Å². The fourth-order valence-electron chi connectivity index (χ4n) is 1.80. The number of carbonyl (C=O) groups excluding carboxylic acids is 1. The molecule has 0 spiro atoms. The molecule has 112 valence electrons. The second-order valence-electron chi connectivity index (χ2n) is 4.48. The summed E-state index contributed by atoms with van der Waals surface area (Å²) in [5, 5.41) is 3.80. The number of rotatable bonds is 7. The first-order chi connectivity index (χ1) is 9.49. The fraction of sp³-hybridized carbons (Fsp3) is 0.533. The van der Waals surface area contributed by atoms with Crippen molar-refractivity contribution in [1.29, 1.82) is 0 Å². The first-order valence-electron chi connectivity index (χ1n) is 6.85. The van der Waals surface area contributed by atoms with E-state index in [4.69, 9.17) is 21.1 Å².